The van der Waals surface area contributed by atoms with Crippen LogP contribution in [0.3, 0.4) is 0 Å². The molecule has 0 saturated carbocycles. The molecule has 0 radical (unpaired) electrons. The Morgan fingerprint density at radius 1 is 1.06 bits per heavy atom. The lowest BCUT2D eigenvalue weighted by Gasteiger charge is -2.10. The number of H-pyrrole nitrogens is 1. The summed E-state index contributed by atoms with van der Waals surface area (Å²) in [5.41, 5.74) is 14.9. The summed E-state index contributed by atoms with van der Waals surface area (Å²) in [4.78, 5) is 20.1. The van der Waals surface area contributed by atoms with Crippen LogP contribution in [0.4, 0.5) is 0 Å². The van der Waals surface area contributed by atoms with Crippen molar-refractivity contribution in [2.45, 2.75) is 13.0 Å². The molecule has 0 aliphatic heterocycles. The van der Waals surface area contributed by atoms with Gasteiger partial charge in [0.15, 0.2) is 0 Å². The predicted molar refractivity (Wildman–Crippen MR) is 127 cm³/mol. The second-order valence-electron chi connectivity index (χ2n) is 7.49. The second-order valence-corrected chi connectivity index (χ2v) is 7.49. The van der Waals surface area contributed by atoms with E-state index in [-0.39, 0.29) is 5.69 Å². The number of nitrogens with zero attached hydrogens (tertiary/aromatic N) is 2. The molecule has 6 N–H and O–H groups in total. The number of nitrogens with one attached hydrogen (secondary N) is 2. The number of aromatic nitrogens is 3. The van der Waals surface area contributed by atoms with E-state index in [2.05, 4.69) is 15.3 Å². The summed E-state index contributed by atoms with van der Waals surface area (Å²) >= 11 is 0. The molecular formula is C24H28N6O2. The number of aromatic amines is 1. The van der Waals surface area contributed by atoms with Crippen LogP contribution < -0.4 is 27.2 Å². The van der Waals surface area contributed by atoms with E-state index in [4.69, 9.17) is 16.2 Å². The standard InChI is InChI=1S/C24H28N6O2/c25-10-12-27-11-3-13-32-22-5-2-1-4-20(22)21-14-18-16-30(24(31)29-23(18)28-21)19-8-6-17(15-26)7-9-19/h1-2,4-9,14,16,27H,3,10-13,15,25-26H2,(H,28,29,31). The topological polar surface area (TPSA) is 124 Å². The molecule has 0 aliphatic carbocycles. The van der Waals surface area contributed by atoms with Gasteiger partial charge in [-0.05, 0) is 48.9 Å². The molecule has 2 aromatic heterocycles. The Kier molecular flexibility index (Phi) is 6.96. The van der Waals surface area contributed by atoms with Crippen molar-refractivity contribution in [3.63, 3.8) is 0 Å². The highest BCUT2D eigenvalue weighted by Crippen LogP contribution is 2.31. The third-order valence-electron chi connectivity index (χ3n) is 5.21. The lowest BCUT2D eigenvalue weighted by Crippen LogP contribution is -2.24. The van der Waals surface area contributed by atoms with E-state index >= 15 is 0 Å². The van der Waals surface area contributed by atoms with Gasteiger partial charge in [0.1, 0.15) is 11.4 Å². The summed E-state index contributed by atoms with van der Waals surface area (Å²) in [6, 6.07) is 17.4. The molecule has 8 heteroatoms. The minimum Gasteiger partial charge on any atom is -0.493 e. The van der Waals surface area contributed by atoms with Crippen molar-refractivity contribution in [2.75, 3.05) is 26.2 Å². The highest BCUT2D eigenvalue weighted by atomic mass is 16.5. The minimum atomic E-state index is -0.346. The Bertz CT molecular complexity index is 1230. The minimum absolute atomic E-state index is 0.346. The molecule has 2 aromatic carbocycles. The molecule has 0 bridgehead atoms. The van der Waals surface area contributed by atoms with Gasteiger partial charge in [-0.2, -0.15) is 4.98 Å². The van der Waals surface area contributed by atoms with Gasteiger partial charge in [0.25, 0.3) is 0 Å². The number of nitrogens with two attached hydrogens (primary N) is 2. The molecular weight excluding hydrogens is 404 g/mol. The molecule has 0 unspecified atom stereocenters. The molecule has 32 heavy (non-hydrogen) atoms. The van der Waals surface area contributed by atoms with Gasteiger partial charge in [-0.25, -0.2) is 4.79 Å². The third kappa shape index (κ3) is 4.88. The fraction of sp³-hybridized carbons (Fsp3) is 0.250. The van der Waals surface area contributed by atoms with Crippen LogP contribution in [0.5, 0.6) is 5.75 Å². The van der Waals surface area contributed by atoms with Crippen molar-refractivity contribution in [2.24, 2.45) is 11.5 Å². The summed E-state index contributed by atoms with van der Waals surface area (Å²) in [6.45, 7) is 3.34. The fourth-order valence-corrected chi connectivity index (χ4v) is 3.54. The van der Waals surface area contributed by atoms with Crippen LogP contribution in [0, 0.1) is 0 Å². The van der Waals surface area contributed by atoms with Crippen molar-refractivity contribution in [1.82, 2.24) is 19.9 Å². The molecule has 166 valence electrons. The lowest BCUT2D eigenvalue weighted by atomic mass is 10.1. The van der Waals surface area contributed by atoms with Crippen molar-refractivity contribution in [1.29, 1.82) is 0 Å². The molecule has 0 atom stereocenters. The number of hydrogen-bond donors (Lipinski definition) is 4. The van der Waals surface area contributed by atoms with E-state index in [1.54, 1.807) is 6.20 Å². The number of ether oxygens (including phenoxy) is 1. The molecule has 0 aliphatic rings. The summed E-state index contributed by atoms with van der Waals surface area (Å²) in [7, 11) is 0. The molecule has 2 heterocycles. The Morgan fingerprint density at radius 3 is 2.66 bits per heavy atom. The monoisotopic (exact) mass is 432 g/mol. The van der Waals surface area contributed by atoms with Crippen LogP contribution >= 0.6 is 0 Å². The van der Waals surface area contributed by atoms with Crippen LogP contribution in [-0.2, 0) is 6.54 Å². The predicted octanol–water partition coefficient (Wildman–Crippen LogP) is 2.16. The van der Waals surface area contributed by atoms with E-state index in [9.17, 15) is 4.79 Å². The number of rotatable bonds is 10. The van der Waals surface area contributed by atoms with E-state index in [1.807, 2.05) is 54.6 Å². The Labute approximate surface area is 186 Å². The zero-order chi connectivity index (χ0) is 22.3. The summed E-state index contributed by atoms with van der Waals surface area (Å²) < 4.78 is 7.56. The summed E-state index contributed by atoms with van der Waals surface area (Å²) in [6.07, 6.45) is 2.68. The van der Waals surface area contributed by atoms with E-state index in [0.29, 0.717) is 25.3 Å². The molecule has 0 saturated heterocycles. The van der Waals surface area contributed by atoms with Crippen LogP contribution in [-0.4, -0.2) is 40.8 Å². The van der Waals surface area contributed by atoms with Gasteiger partial charge in [-0.3, -0.25) is 4.57 Å². The highest BCUT2D eigenvalue weighted by Gasteiger charge is 2.12. The first-order valence-corrected chi connectivity index (χ1v) is 10.7. The maximum Gasteiger partial charge on any atom is 0.354 e. The smallest absolute Gasteiger partial charge is 0.354 e. The van der Waals surface area contributed by atoms with Gasteiger partial charge < -0.3 is 26.5 Å². The first-order chi connectivity index (χ1) is 15.7. The zero-order valence-electron chi connectivity index (χ0n) is 17.9. The largest absolute Gasteiger partial charge is 0.493 e. The number of fused-ring (bicyclic) bond motifs is 1. The Hall–Kier alpha value is -3.46. The quantitative estimate of drug-likeness (QED) is 0.285. The maximum absolute atomic E-state index is 12.6. The van der Waals surface area contributed by atoms with Crippen LogP contribution in [0.25, 0.3) is 28.0 Å². The number of para-hydroxylation sites is 1. The average Bonchev–Trinajstić information content (AvgIpc) is 3.23. The molecule has 4 aromatic rings. The zero-order valence-corrected chi connectivity index (χ0v) is 17.9. The van der Waals surface area contributed by atoms with Gasteiger partial charge in [0.2, 0.25) is 0 Å². The van der Waals surface area contributed by atoms with Crippen LogP contribution in [0.15, 0.2) is 65.6 Å². The van der Waals surface area contributed by atoms with Crippen LogP contribution in [0.2, 0.25) is 0 Å². The third-order valence-corrected chi connectivity index (χ3v) is 5.21. The molecule has 0 fully saturated rings. The molecule has 8 nitrogen and oxygen atoms in total. The van der Waals surface area contributed by atoms with E-state index in [1.165, 1.54) is 4.57 Å². The van der Waals surface area contributed by atoms with E-state index < -0.39 is 0 Å². The molecule has 0 amide bonds. The van der Waals surface area contributed by atoms with Crippen molar-refractivity contribution < 1.29 is 4.74 Å². The number of benzene rings is 2. The second kappa shape index (κ2) is 10.2. The van der Waals surface area contributed by atoms with Crippen molar-refractivity contribution in [3.8, 4) is 22.7 Å². The van der Waals surface area contributed by atoms with Crippen molar-refractivity contribution >= 4 is 11.0 Å². The lowest BCUT2D eigenvalue weighted by molar-refractivity contribution is 0.309. The summed E-state index contributed by atoms with van der Waals surface area (Å²) in [5.74, 6) is 0.783. The van der Waals surface area contributed by atoms with Gasteiger partial charge in [0.05, 0.1) is 18.0 Å². The molecule has 4 rings (SSSR count). The van der Waals surface area contributed by atoms with Crippen molar-refractivity contribution in [3.05, 3.63) is 76.8 Å². The van der Waals surface area contributed by atoms with Gasteiger partial charge in [-0.1, -0.05) is 24.3 Å². The van der Waals surface area contributed by atoms with Gasteiger partial charge in [-0.15, -0.1) is 0 Å². The number of hydrogen-bond acceptors (Lipinski definition) is 6. The first kappa shape index (κ1) is 21.8. The molecule has 0 spiro atoms. The Morgan fingerprint density at radius 2 is 1.88 bits per heavy atom. The van der Waals surface area contributed by atoms with Gasteiger partial charge >= 0.3 is 5.69 Å². The van der Waals surface area contributed by atoms with Crippen LogP contribution in [0.1, 0.15) is 12.0 Å². The fourth-order valence-electron chi connectivity index (χ4n) is 3.54. The SMILES string of the molecule is NCCNCCCOc1ccccc1-c1cc2cn(-c3ccc(CN)cc3)c(=O)nc2[nH]1. The van der Waals surface area contributed by atoms with E-state index in [0.717, 1.165) is 53.2 Å². The van der Waals surface area contributed by atoms with Gasteiger partial charge in [0, 0.05) is 36.8 Å². The summed E-state index contributed by atoms with van der Waals surface area (Å²) in [5, 5.41) is 4.09. The first-order valence-electron chi connectivity index (χ1n) is 10.7. The highest BCUT2D eigenvalue weighted by molar-refractivity contribution is 5.84. The Balaban J connectivity index is 1.58. The average molecular weight is 433 g/mol. The maximum atomic E-state index is 12.6. The normalized spacial score (nSPS) is 11.2.